The highest BCUT2D eigenvalue weighted by molar-refractivity contribution is 5.96. The SMILES string of the molecule is CC(C)(C)OC(=O)N1CCC(N2CCN(C(=O)c3cc(-c4ccccc4)nc(-c4ccccc4)c3)CC2)CC1. The number of pyridine rings is 1. The van der Waals surface area contributed by atoms with E-state index in [2.05, 4.69) is 4.90 Å². The van der Waals surface area contributed by atoms with Crippen molar-refractivity contribution < 1.29 is 14.3 Å². The Hall–Kier alpha value is -3.71. The molecule has 0 bridgehead atoms. The van der Waals surface area contributed by atoms with E-state index in [0.717, 1.165) is 48.4 Å². The molecule has 0 N–H and O–H groups in total. The molecule has 0 radical (unpaired) electrons. The van der Waals surface area contributed by atoms with Gasteiger partial charge in [-0.3, -0.25) is 9.69 Å². The highest BCUT2D eigenvalue weighted by Gasteiger charge is 2.32. The minimum absolute atomic E-state index is 0.0474. The standard InChI is InChI=1S/C32H38N4O3/c1-32(2,3)39-31(38)36-16-14-27(15-17-36)34-18-20-35(21-19-34)30(37)26-22-28(24-10-6-4-7-11-24)33-29(23-26)25-12-8-5-9-13-25/h4-13,22-23,27H,14-21H2,1-3H3. The monoisotopic (exact) mass is 526 g/mol. The minimum Gasteiger partial charge on any atom is -0.444 e. The van der Waals surface area contributed by atoms with E-state index in [1.165, 1.54) is 0 Å². The van der Waals surface area contributed by atoms with Gasteiger partial charge in [0.25, 0.3) is 5.91 Å². The lowest BCUT2D eigenvalue weighted by atomic mass is 10.0. The van der Waals surface area contributed by atoms with Crippen molar-refractivity contribution in [1.82, 2.24) is 19.7 Å². The van der Waals surface area contributed by atoms with Crippen LogP contribution in [0.1, 0.15) is 44.0 Å². The van der Waals surface area contributed by atoms with Crippen molar-refractivity contribution >= 4 is 12.0 Å². The number of rotatable bonds is 4. The van der Waals surface area contributed by atoms with Crippen LogP contribution in [0.4, 0.5) is 4.79 Å². The number of ether oxygens (including phenoxy) is 1. The van der Waals surface area contributed by atoms with E-state index in [0.29, 0.717) is 37.8 Å². The van der Waals surface area contributed by atoms with Gasteiger partial charge >= 0.3 is 6.09 Å². The van der Waals surface area contributed by atoms with Crippen molar-refractivity contribution in [3.05, 3.63) is 78.4 Å². The fourth-order valence-corrected chi connectivity index (χ4v) is 5.38. The first-order valence-electron chi connectivity index (χ1n) is 13.9. The molecular weight excluding hydrogens is 488 g/mol. The van der Waals surface area contributed by atoms with Gasteiger partial charge in [0, 0.05) is 62.0 Å². The molecule has 2 aliphatic heterocycles. The fraction of sp³-hybridized carbons (Fsp3) is 0.406. The number of likely N-dealkylation sites (tertiary alicyclic amines) is 1. The molecule has 2 saturated heterocycles. The third-order valence-corrected chi connectivity index (χ3v) is 7.45. The highest BCUT2D eigenvalue weighted by Crippen LogP contribution is 2.26. The molecule has 2 fully saturated rings. The summed E-state index contributed by atoms with van der Waals surface area (Å²) in [6.07, 6.45) is 1.63. The molecule has 39 heavy (non-hydrogen) atoms. The summed E-state index contributed by atoms with van der Waals surface area (Å²) >= 11 is 0. The quantitative estimate of drug-likeness (QED) is 0.445. The molecule has 0 unspecified atom stereocenters. The molecule has 3 aromatic rings. The molecular formula is C32H38N4O3. The Kier molecular flexibility index (Phi) is 7.98. The third-order valence-electron chi connectivity index (χ3n) is 7.45. The Bertz CT molecular complexity index is 1220. The van der Waals surface area contributed by atoms with Crippen LogP contribution in [0.25, 0.3) is 22.5 Å². The second-order valence-corrected chi connectivity index (χ2v) is 11.4. The summed E-state index contributed by atoms with van der Waals surface area (Å²) in [5, 5.41) is 0. The summed E-state index contributed by atoms with van der Waals surface area (Å²) in [4.78, 5) is 37.3. The van der Waals surface area contributed by atoms with Gasteiger partial charge in [-0.2, -0.15) is 0 Å². The van der Waals surface area contributed by atoms with Crippen LogP contribution in [0.2, 0.25) is 0 Å². The number of amides is 2. The molecule has 0 saturated carbocycles. The van der Waals surface area contributed by atoms with Crippen molar-refractivity contribution in [3.63, 3.8) is 0 Å². The van der Waals surface area contributed by atoms with Gasteiger partial charge in [0.2, 0.25) is 0 Å². The Morgan fingerprint density at radius 1 is 0.744 bits per heavy atom. The summed E-state index contributed by atoms with van der Waals surface area (Å²) in [5.74, 6) is 0.0474. The first kappa shape index (κ1) is 26.9. The Labute approximate surface area is 231 Å². The summed E-state index contributed by atoms with van der Waals surface area (Å²) in [6.45, 7) is 10.2. The van der Waals surface area contributed by atoms with Gasteiger partial charge in [0.1, 0.15) is 5.60 Å². The van der Waals surface area contributed by atoms with E-state index in [9.17, 15) is 9.59 Å². The maximum atomic E-state index is 13.7. The summed E-state index contributed by atoms with van der Waals surface area (Å²) in [6, 6.07) is 24.3. The number of benzene rings is 2. The maximum Gasteiger partial charge on any atom is 0.410 e. The van der Waals surface area contributed by atoms with Crippen molar-refractivity contribution in [3.8, 4) is 22.5 Å². The molecule has 0 atom stereocenters. The van der Waals surface area contributed by atoms with Crippen LogP contribution in [-0.2, 0) is 4.74 Å². The van der Waals surface area contributed by atoms with Gasteiger partial charge in [-0.05, 0) is 45.7 Å². The van der Waals surface area contributed by atoms with Crippen LogP contribution < -0.4 is 0 Å². The van der Waals surface area contributed by atoms with Gasteiger partial charge in [0.15, 0.2) is 0 Å². The lowest BCUT2D eigenvalue weighted by molar-refractivity contribution is 0.00984. The van der Waals surface area contributed by atoms with E-state index >= 15 is 0 Å². The van der Waals surface area contributed by atoms with Gasteiger partial charge in [-0.1, -0.05) is 60.7 Å². The van der Waals surface area contributed by atoms with Crippen LogP contribution in [0, 0.1) is 0 Å². The second-order valence-electron chi connectivity index (χ2n) is 11.4. The number of nitrogens with zero attached hydrogens (tertiary/aromatic N) is 4. The van der Waals surface area contributed by atoms with E-state index < -0.39 is 5.60 Å². The normalized spacial score (nSPS) is 17.2. The largest absolute Gasteiger partial charge is 0.444 e. The molecule has 0 spiro atoms. The molecule has 2 aromatic carbocycles. The van der Waals surface area contributed by atoms with E-state index in [-0.39, 0.29) is 12.0 Å². The van der Waals surface area contributed by atoms with Gasteiger partial charge in [-0.25, -0.2) is 9.78 Å². The van der Waals surface area contributed by atoms with E-state index in [4.69, 9.17) is 9.72 Å². The summed E-state index contributed by atoms with van der Waals surface area (Å²) in [7, 11) is 0. The molecule has 204 valence electrons. The Morgan fingerprint density at radius 3 is 1.74 bits per heavy atom. The molecule has 2 aliphatic rings. The Balaban J connectivity index is 1.24. The topological polar surface area (TPSA) is 66.0 Å². The van der Waals surface area contributed by atoms with Crippen molar-refractivity contribution in [2.45, 2.75) is 45.3 Å². The fourth-order valence-electron chi connectivity index (χ4n) is 5.38. The number of hydrogen-bond donors (Lipinski definition) is 0. The first-order valence-corrected chi connectivity index (χ1v) is 13.9. The zero-order chi connectivity index (χ0) is 27.4. The minimum atomic E-state index is -0.477. The summed E-state index contributed by atoms with van der Waals surface area (Å²) < 4.78 is 5.54. The number of carbonyl (C=O) groups is 2. The van der Waals surface area contributed by atoms with E-state index in [1.54, 1.807) is 0 Å². The molecule has 0 aliphatic carbocycles. The van der Waals surface area contributed by atoms with E-state index in [1.807, 2.05) is 103 Å². The summed E-state index contributed by atoms with van der Waals surface area (Å²) in [5.41, 5.74) is 3.78. The first-order chi connectivity index (χ1) is 18.8. The average Bonchev–Trinajstić information content (AvgIpc) is 2.97. The van der Waals surface area contributed by atoms with Crippen molar-refractivity contribution in [2.75, 3.05) is 39.3 Å². The van der Waals surface area contributed by atoms with Gasteiger partial charge in [-0.15, -0.1) is 0 Å². The molecule has 2 amide bonds. The number of piperazine rings is 1. The zero-order valence-corrected chi connectivity index (χ0v) is 23.2. The predicted molar refractivity (Wildman–Crippen MR) is 153 cm³/mol. The zero-order valence-electron chi connectivity index (χ0n) is 23.2. The second kappa shape index (κ2) is 11.6. The lowest BCUT2D eigenvalue weighted by Crippen LogP contribution is -2.55. The van der Waals surface area contributed by atoms with Crippen molar-refractivity contribution in [1.29, 1.82) is 0 Å². The van der Waals surface area contributed by atoms with Crippen LogP contribution >= 0.6 is 0 Å². The lowest BCUT2D eigenvalue weighted by Gasteiger charge is -2.42. The third kappa shape index (κ3) is 6.66. The average molecular weight is 527 g/mol. The maximum absolute atomic E-state index is 13.7. The molecule has 1 aromatic heterocycles. The van der Waals surface area contributed by atoms with Crippen LogP contribution in [0.3, 0.4) is 0 Å². The molecule has 7 nitrogen and oxygen atoms in total. The van der Waals surface area contributed by atoms with Gasteiger partial charge in [0.05, 0.1) is 11.4 Å². The molecule has 3 heterocycles. The predicted octanol–water partition coefficient (Wildman–Crippen LogP) is 5.57. The number of piperidine rings is 1. The van der Waals surface area contributed by atoms with Crippen LogP contribution in [0.5, 0.6) is 0 Å². The van der Waals surface area contributed by atoms with Crippen LogP contribution in [0.15, 0.2) is 72.8 Å². The molecule has 7 heteroatoms. The van der Waals surface area contributed by atoms with Crippen LogP contribution in [-0.4, -0.2) is 82.6 Å². The number of hydrogen-bond acceptors (Lipinski definition) is 5. The van der Waals surface area contributed by atoms with Crippen molar-refractivity contribution in [2.24, 2.45) is 0 Å². The number of carbonyl (C=O) groups excluding carboxylic acids is 2. The van der Waals surface area contributed by atoms with Gasteiger partial charge < -0.3 is 14.5 Å². The Morgan fingerprint density at radius 2 is 1.26 bits per heavy atom. The number of aromatic nitrogens is 1. The highest BCUT2D eigenvalue weighted by atomic mass is 16.6. The smallest absolute Gasteiger partial charge is 0.410 e. The molecule has 5 rings (SSSR count).